The number of quaternary nitrogens is 1. The van der Waals surface area contributed by atoms with Crippen LogP contribution in [0.3, 0.4) is 0 Å². The first kappa shape index (κ1) is 8.32. The number of nitrogens with zero attached hydrogens (tertiary/aromatic N) is 1. The zero-order valence-corrected chi connectivity index (χ0v) is 10.7. The van der Waals surface area contributed by atoms with Gasteiger partial charge >= 0.3 is 11.9 Å². The molecule has 0 saturated carbocycles. The molecule has 0 saturated heterocycles. The quantitative estimate of drug-likeness (QED) is 0.426. The Bertz CT molecular complexity index is 462. The molecule has 0 amide bonds. The number of carboxylic acids is 1. The molecule has 0 aliphatic carbocycles. The molecule has 0 aromatic carbocycles. The Balaban J connectivity index is 0. The minimum atomic E-state index is -3.48. The van der Waals surface area contributed by atoms with E-state index in [1.807, 2.05) is 0 Å². The van der Waals surface area contributed by atoms with Gasteiger partial charge < -0.3 is 26.7 Å². The highest BCUT2D eigenvalue weighted by Gasteiger charge is 2.24. The zero-order valence-electron chi connectivity index (χ0n) is 17.0. The van der Waals surface area contributed by atoms with Gasteiger partial charge in [0.25, 0.3) is 0 Å². The highest BCUT2D eigenvalue weighted by atomic mass is 35.5. The van der Waals surface area contributed by atoms with Crippen LogP contribution in [0.5, 0.6) is 0 Å². The third-order valence-corrected chi connectivity index (χ3v) is 1.59. The van der Waals surface area contributed by atoms with Crippen molar-refractivity contribution in [3.05, 3.63) is 0 Å². The maximum absolute atomic E-state index is 11.9. The third kappa shape index (κ3) is 11.5. The van der Waals surface area contributed by atoms with E-state index in [0.29, 0.717) is 0 Å². The zero-order chi connectivity index (χ0) is 18.9. The van der Waals surface area contributed by atoms with E-state index in [0.717, 1.165) is 0 Å². The van der Waals surface area contributed by atoms with Crippen molar-refractivity contribution in [1.82, 2.24) is 0 Å². The minimum absolute atomic E-state index is 0. The molecule has 0 radical (unpaired) electrons. The van der Waals surface area contributed by atoms with Crippen LogP contribution < -0.4 is 12.4 Å². The maximum Gasteiger partial charge on any atom is 0.307 e. The van der Waals surface area contributed by atoms with E-state index in [-0.39, 0.29) is 23.4 Å². The van der Waals surface area contributed by atoms with Crippen molar-refractivity contribution in [2.24, 2.45) is 0 Å². The second kappa shape index (κ2) is 8.31. The van der Waals surface area contributed by atoms with Crippen LogP contribution in [0.4, 0.5) is 0 Å². The summed E-state index contributed by atoms with van der Waals surface area (Å²) in [6, 6.07) is 0. The van der Waals surface area contributed by atoms with Crippen LogP contribution in [0.25, 0.3) is 0 Å². The van der Waals surface area contributed by atoms with E-state index in [1.54, 1.807) is 21.1 Å². The van der Waals surface area contributed by atoms with E-state index in [1.165, 1.54) is 0 Å². The van der Waals surface area contributed by atoms with Gasteiger partial charge in [0.15, 0.2) is 6.10 Å². The number of carbonyl (C=O) groups excluding carboxylic acids is 1. The predicted octanol–water partition coefficient (Wildman–Crippen LogP) is -2.12. The normalized spacial score (nSPS) is 21.0. The molecule has 6 heteroatoms. The Hall–Kier alpha value is -0.810. The number of likely N-dealkylation sites (N-methyl/N-ethyl adjacent to an activating group) is 1. The summed E-state index contributed by atoms with van der Waals surface area (Å²) in [5.41, 5.74) is 0. The van der Waals surface area contributed by atoms with E-state index in [9.17, 15) is 9.59 Å². The van der Waals surface area contributed by atoms with E-state index in [4.69, 9.17) is 19.4 Å². The molecule has 0 unspecified atom stereocenters. The van der Waals surface area contributed by atoms with Crippen LogP contribution in [0, 0.1) is 0 Å². The molecule has 0 fully saturated rings. The van der Waals surface area contributed by atoms with E-state index >= 15 is 0 Å². The fourth-order valence-corrected chi connectivity index (χ4v) is 1.18. The summed E-state index contributed by atoms with van der Waals surface area (Å²) in [4.78, 5) is 22.8. The Kier molecular flexibility index (Phi) is 4.06. The summed E-state index contributed by atoms with van der Waals surface area (Å²) < 4.78 is 55.9. The largest absolute Gasteiger partial charge is 1.00 e. The number of halogens is 1. The van der Waals surface area contributed by atoms with Gasteiger partial charge in [-0.3, -0.25) is 9.59 Å². The van der Waals surface area contributed by atoms with E-state index < -0.39 is 44.1 Å². The Morgan fingerprint density at radius 3 is 2.47 bits per heavy atom. The number of carboxylic acid groups (broad SMARTS) is 1. The Morgan fingerprint density at radius 1 is 1.47 bits per heavy atom. The molecule has 0 spiro atoms. The van der Waals surface area contributed by atoms with Crippen molar-refractivity contribution in [2.45, 2.75) is 32.1 Å². The van der Waals surface area contributed by atoms with Crippen LogP contribution in [0.2, 0.25) is 0 Å². The topological polar surface area (TPSA) is 63.6 Å². The molecule has 0 rings (SSSR count). The van der Waals surface area contributed by atoms with Crippen molar-refractivity contribution in [1.29, 1.82) is 0 Å². The van der Waals surface area contributed by atoms with E-state index in [2.05, 4.69) is 0 Å². The first-order valence-corrected chi connectivity index (χ1v) is 4.65. The summed E-state index contributed by atoms with van der Waals surface area (Å²) >= 11 is 0. The van der Waals surface area contributed by atoms with Crippen LogP contribution in [0.15, 0.2) is 0 Å². The number of rotatable bonds is 7. The van der Waals surface area contributed by atoms with Gasteiger partial charge in [-0.2, -0.15) is 0 Å². The van der Waals surface area contributed by atoms with Gasteiger partial charge in [-0.05, 0) is 6.37 Å². The molecule has 102 valence electrons. The van der Waals surface area contributed by atoms with Gasteiger partial charge in [-0.25, -0.2) is 0 Å². The van der Waals surface area contributed by atoms with Crippen molar-refractivity contribution in [3.8, 4) is 0 Å². The van der Waals surface area contributed by atoms with Gasteiger partial charge in [0.2, 0.25) is 0 Å². The fourth-order valence-electron chi connectivity index (χ4n) is 1.18. The summed E-state index contributed by atoms with van der Waals surface area (Å²) in [7, 11) is 5.08. The van der Waals surface area contributed by atoms with Crippen molar-refractivity contribution in [2.75, 3.05) is 27.7 Å². The van der Waals surface area contributed by atoms with Gasteiger partial charge in [0, 0.05) is 16.0 Å². The molecular weight excluding hydrogens is 246 g/mol. The standard InChI is InChI=1S/C11H21NO4.ClH/c1-5-6-11(15)16-9(7-10(13)14)8-12(2,3)4;/h9H,5-8H2,1-4H3;1H/t9-;/m1./s1/i1D3,5D2,6D2;. The molecule has 5 nitrogen and oxygen atoms in total. The SMILES string of the molecule is [2H]C([2H])([2H])C([2H])([2H])C([2H])([2H])C(=O)O[C@H](CC(=O)O)C[N+](C)(C)C.[Cl-]. The lowest BCUT2D eigenvalue weighted by Gasteiger charge is -2.28. The second-order valence-corrected chi connectivity index (χ2v) is 4.35. The minimum Gasteiger partial charge on any atom is -1.00 e. The fraction of sp³-hybridized carbons (Fsp3) is 0.818. The number of aliphatic carboxylic acids is 1. The van der Waals surface area contributed by atoms with Gasteiger partial charge in [-0.15, -0.1) is 0 Å². The molecule has 0 heterocycles. The summed E-state index contributed by atoms with van der Waals surface area (Å²) in [5, 5.41) is 8.83. The summed E-state index contributed by atoms with van der Waals surface area (Å²) in [6.07, 6.45) is -8.77. The Morgan fingerprint density at radius 2 is 2.06 bits per heavy atom. The predicted molar refractivity (Wildman–Crippen MR) is 59.9 cm³/mol. The lowest BCUT2D eigenvalue weighted by molar-refractivity contribution is -0.873. The molecule has 0 bridgehead atoms. The van der Waals surface area contributed by atoms with Crippen LogP contribution in [0.1, 0.15) is 35.6 Å². The van der Waals surface area contributed by atoms with Crippen molar-refractivity contribution < 1.29 is 45.9 Å². The summed E-state index contributed by atoms with van der Waals surface area (Å²) in [6.45, 7) is -3.36. The van der Waals surface area contributed by atoms with Gasteiger partial charge in [-0.1, -0.05) is 6.85 Å². The first-order valence-electron chi connectivity index (χ1n) is 8.15. The number of ether oxygens (including phenoxy) is 1. The Labute approximate surface area is 119 Å². The highest BCUT2D eigenvalue weighted by Crippen LogP contribution is 2.07. The van der Waals surface area contributed by atoms with Gasteiger partial charge in [0.1, 0.15) is 6.54 Å². The number of hydrogen-bond donors (Lipinski definition) is 1. The smallest absolute Gasteiger partial charge is 0.307 e. The molecular formula is C11H22ClNO4. The molecule has 0 aromatic rings. The molecule has 1 atom stereocenters. The second-order valence-electron chi connectivity index (χ2n) is 4.35. The number of esters is 1. The molecule has 0 aromatic heterocycles. The maximum atomic E-state index is 11.9. The van der Waals surface area contributed by atoms with Crippen LogP contribution in [-0.4, -0.2) is 55.3 Å². The average Bonchev–Trinajstić information content (AvgIpc) is 2.23. The van der Waals surface area contributed by atoms with Crippen LogP contribution in [-0.2, 0) is 14.3 Å². The van der Waals surface area contributed by atoms with Gasteiger partial charge in [0.05, 0.1) is 27.6 Å². The van der Waals surface area contributed by atoms with Crippen LogP contribution >= 0.6 is 0 Å². The monoisotopic (exact) mass is 274 g/mol. The highest BCUT2D eigenvalue weighted by molar-refractivity contribution is 5.71. The lowest BCUT2D eigenvalue weighted by Crippen LogP contribution is -3.00. The average molecular weight is 275 g/mol. The number of hydrogen-bond acceptors (Lipinski definition) is 3. The summed E-state index contributed by atoms with van der Waals surface area (Å²) in [5.74, 6) is -3.02. The molecule has 1 N–H and O–H groups in total. The number of carbonyl (C=O) groups is 2. The van der Waals surface area contributed by atoms with Crippen molar-refractivity contribution in [3.63, 3.8) is 0 Å². The van der Waals surface area contributed by atoms with Crippen molar-refractivity contribution >= 4 is 11.9 Å². The lowest BCUT2D eigenvalue weighted by atomic mass is 10.2. The molecule has 17 heavy (non-hydrogen) atoms. The third-order valence-electron chi connectivity index (χ3n) is 1.59. The first-order chi connectivity index (χ1) is 9.92. The molecule has 0 aliphatic heterocycles. The molecule has 0 aliphatic rings.